The Morgan fingerprint density at radius 3 is 2.48 bits per heavy atom. The summed E-state index contributed by atoms with van der Waals surface area (Å²) in [7, 11) is 1.69. The van der Waals surface area contributed by atoms with Crippen LogP contribution in [0.3, 0.4) is 0 Å². The minimum absolute atomic E-state index is 0.107. The second-order valence-electron chi connectivity index (χ2n) is 6.04. The standard InChI is InChI=1S/C17H25FN4O/c1-3-17(9-4-10-17)12-21-16(19-2)20-11-15(23)22-14-7-5-13(18)6-8-14/h5-8H,3-4,9-12H2,1-2H3,(H,22,23)(H2,19,20,21). The summed E-state index contributed by atoms with van der Waals surface area (Å²) in [4.78, 5) is 16.0. The van der Waals surface area contributed by atoms with E-state index in [1.54, 1.807) is 7.05 Å². The molecule has 0 heterocycles. The highest BCUT2D eigenvalue weighted by atomic mass is 19.1. The van der Waals surface area contributed by atoms with Gasteiger partial charge < -0.3 is 16.0 Å². The predicted molar refractivity (Wildman–Crippen MR) is 91.0 cm³/mol. The summed E-state index contributed by atoms with van der Waals surface area (Å²) in [6.45, 7) is 3.20. The molecule has 1 amide bonds. The zero-order valence-corrected chi connectivity index (χ0v) is 13.8. The largest absolute Gasteiger partial charge is 0.356 e. The highest BCUT2D eigenvalue weighted by Crippen LogP contribution is 2.42. The second-order valence-corrected chi connectivity index (χ2v) is 6.04. The smallest absolute Gasteiger partial charge is 0.243 e. The molecule has 5 nitrogen and oxygen atoms in total. The fourth-order valence-corrected chi connectivity index (χ4v) is 2.73. The molecular weight excluding hydrogens is 295 g/mol. The number of hydrogen-bond acceptors (Lipinski definition) is 2. The van der Waals surface area contributed by atoms with Crippen molar-refractivity contribution in [2.75, 3.05) is 25.5 Å². The van der Waals surface area contributed by atoms with Crippen LogP contribution in [0, 0.1) is 11.2 Å². The summed E-state index contributed by atoms with van der Waals surface area (Å²) in [6.07, 6.45) is 4.95. The lowest BCUT2D eigenvalue weighted by Crippen LogP contribution is -2.47. The molecule has 1 aliphatic rings. The van der Waals surface area contributed by atoms with Gasteiger partial charge in [-0.05, 0) is 48.9 Å². The molecule has 1 saturated carbocycles. The highest BCUT2D eigenvalue weighted by Gasteiger charge is 2.34. The van der Waals surface area contributed by atoms with E-state index in [0.717, 1.165) is 13.0 Å². The molecule has 1 aromatic rings. The van der Waals surface area contributed by atoms with Crippen molar-refractivity contribution in [3.8, 4) is 0 Å². The maximum absolute atomic E-state index is 12.8. The van der Waals surface area contributed by atoms with Crippen molar-refractivity contribution in [2.24, 2.45) is 10.4 Å². The molecule has 0 spiro atoms. The predicted octanol–water partition coefficient (Wildman–Crippen LogP) is 2.51. The van der Waals surface area contributed by atoms with Gasteiger partial charge in [-0.15, -0.1) is 0 Å². The van der Waals surface area contributed by atoms with Crippen molar-refractivity contribution in [3.05, 3.63) is 30.1 Å². The van der Waals surface area contributed by atoms with Gasteiger partial charge in [0.25, 0.3) is 0 Å². The second kappa shape index (κ2) is 7.94. The van der Waals surface area contributed by atoms with Crippen LogP contribution >= 0.6 is 0 Å². The number of rotatable bonds is 6. The molecule has 3 N–H and O–H groups in total. The molecular formula is C17H25FN4O. The van der Waals surface area contributed by atoms with Crippen LogP contribution in [0.4, 0.5) is 10.1 Å². The third kappa shape index (κ3) is 4.94. The minimum Gasteiger partial charge on any atom is -0.356 e. The molecule has 23 heavy (non-hydrogen) atoms. The Bertz CT molecular complexity index is 547. The van der Waals surface area contributed by atoms with Crippen LogP contribution in [0.5, 0.6) is 0 Å². The van der Waals surface area contributed by atoms with Crippen molar-refractivity contribution < 1.29 is 9.18 Å². The summed E-state index contributed by atoms with van der Waals surface area (Å²) in [5.74, 6) is 0.0963. The van der Waals surface area contributed by atoms with Gasteiger partial charge in [0.2, 0.25) is 5.91 Å². The SMILES string of the molecule is CCC1(CNC(=NC)NCC(=O)Nc2ccc(F)cc2)CCC1. The number of aliphatic imine (C=N–C) groups is 1. The molecule has 1 fully saturated rings. The van der Waals surface area contributed by atoms with Gasteiger partial charge in [-0.3, -0.25) is 9.79 Å². The van der Waals surface area contributed by atoms with Crippen molar-refractivity contribution in [3.63, 3.8) is 0 Å². The Morgan fingerprint density at radius 2 is 1.96 bits per heavy atom. The number of hydrogen-bond donors (Lipinski definition) is 3. The molecule has 0 radical (unpaired) electrons. The van der Waals surface area contributed by atoms with Gasteiger partial charge in [0.1, 0.15) is 5.82 Å². The molecule has 0 bridgehead atoms. The number of amides is 1. The van der Waals surface area contributed by atoms with Crippen LogP contribution < -0.4 is 16.0 Å². The quantitative estimate of drug-likeness (QED) is 0.557. The lowest BCUT2D eigenvalue weighted by atomic mass is 9.67. The van der Waals surface area contributed by atoms with Gasteiger partial charge in [0, 0.05) is 19.3 Å². The topological polar surface area (TPSA) is 65.5 Å². The number of guanidine groups is 1. The Morgan fingerprint density at radius 1 is 1.26 bits per heavy atom. The normalized spacial score (nSPS) is 16.4. The monoisotopic (exact) mass is 320 g/mol. The number of nitrogens with zero attached hydrogens (tertiary/aromatic N) is 1. The van der Waals surface area contributed by atoms with E-state index in [1.165, 1.54) is 43.5 Å². The first-order valence-corrected chi connectivity index (χ1v) is 8.07. The van der Waals surface area contributed by atoms with Crippen molar-refractivity contribution >= 4 is 17.6 Å². The summed E-state index contributed by atoms with van der Waals surface area (Å²) in [5.41, 5.74) is 0.953. The highest BCUT2D eigenvalue weighted by molar-refractivity contribution is 5.94. The number of carbonyl (C=O) groups excluding carboxylic acids is 1. The van der Waals surface area contributed by atoms with Crippen LogP contribution in [-0.2, 0) is 4.79 Å². The van der Waals surface area contributed by atoms with Gasteiger partial charge in [0.05, 0.1) is 6.54 Å². The number of benzene rings is 1. The van der Waals surface area contributed by atoms with Crippen LogP contribution in [0.2, 0.25) is 0 Å². The lowest BCUT2D eigenvalue weighted by molar-refractivity contribution is -0.115. The average molecular weight is 320 g/mol. The molecule has 0 aromatic heterocycles. The van der Waals surface area contributed by atoms with E-state index in [1.807, 2.05) is 0 Å². The van der Waals surface area contributed by atoms with Gasteiger partial charge in [-0.2, -0.15) is 0 Å². The third-order valence-corrected chi connectivity index (χ3v) is 4.56. The molecule has 1 aliphatic carbocycles. The summed E-state index contributed by atoms with van der Waals surface area (Å²) >= 11 is 0. The van der Waals surface area contributed by atoms with E-state index in [9.17, 15) is 9.18 Å². The van der Waals surface area contributed by atoms with E-state index >= 15 is 0 Å². The number of carbonyl (C=O) groups is 1. The van der Waals surface area contributed by atoms with Gasteiger partial charge in [-0.1, -0.05) is 13.3 Å². The van der Waals surface area contributed by atoms with Crippen molar-refractivity contribution in [1.29, 1.82) is 0 Å². The van der Waals surface area contributed by atoms with E-state index in [2.05, 4.69) is 27.9 Å². The third-order valence-electron chi connectivity index (χ3n) is 4.56. The molecule has 126 valence electrons. The molecule has 0 unspecified atom stereocenters. The Labute approximate surface area is 136 Å². The molecule has 1 aromatic carbocycles. The molecule has 0 saturated heterocycles. The average Bonchev–Trinajstić information content (AvgIpc) is 2.51. The summed E-state index contributed by atoms with van der Waals surface area (Å²) < 4.78 is 12.8. The Kier molecular flexibility index (Phi) is 5.96. The van der Waals surface area contributed by atoms with Crippen LogP contribution in [0.25, 0.3) is 0 Å². The molecule has 0 atom stereocenters. The minimum atomic E-state index is -0.327. The summed E-state index contributed by atoms with van der Waals surface area (Å²) in [5, 5.41) is 9.00. The van der Waals surface area contributed by atoms with Gasteiger partial charge in [-0.25, -0.2) is 4.39 Å². The van der Waals surface area contributed by atoms with E-state index in [0.29, 0.717) is 17.1 Å². The van der Waals surface area contributed by atoms with E-state index in [-0.39, 0.29) is 18.3 Å². The van der Waals surface area contributed by atoms with Crippen LogP contribution in [-0.4, -0.2) is 32.0 Å². The van der Waals surface area contributed by atoms with Gasteiger partial charge in [0.15, 0.2) is 5.96 Å². The number of halogens is 1. The first kappa shape index (κ1) is 17.2. The van der Waals surface area contributed by atoms with E-state index in [4.69, 9.17) is 0 Å². The number of anilines is 1. The van der Waals surface area contributed by atoms with Crippen molar-refractivity contribution in [2.45, 2.75) is 32.6 Å². The van der Waals surface area contributed by atoms with Crippen LogP contribution in [0.15, 0.2) is 29.3 Å². The number of nitrogens with one attached hydrogen (secondary N) is 3. The molecule has 2 rings (SSSR count). The zero-order chi connectivity index (χ0) is 16.7. The summed E-state index contributed by atoms with van der Waals surface area (Å²) in [6, 6.07) is 5.68. The Hall–Kier alpha value is -2.11. The lowest BCUT2D eigenvalue weighted by Gasteiger charge is -2.41. The van der Waals surface area contributed by atoms with E-state index < -0.39 is 0 Å². The fourth-order valence-electron chi connectivity index (χ4n) is 2.73. The first-order chi connectivity index (χ1) is 11.1. The fraction of sp³-hybridized carbons (Fsp3) is 0.529. The maximum atomic E-state index is 12.8. The zero-order valence-electron chi connectivity index (χ0n) is 13.8. The van der Waals surface area contributed by atoms with Gasteiger partial charge >= 0.3 is 0 Å². The van der Waals surface area contributed by atoms with Crippen LogP contribution in [0.1, 0.15) is 32.6 Å². The first-order valence-electron chi connectivity index (χ1n) is 8.07. The Balaban J connectivity index is 1.74. The molecule has 0 aliphatic heterocycles. The van der Waals surface area contributed by atoms with Crippen molar-refractivity contribution in [1.82, 2.24) is 10.6 Å². The molecule has 6 heteroatoms. The maximum Gasteiger partial charge on any atom is 0.243 e.